The highest BCUT2D eigenvalue weighted by atomic mass is 19.1. The zero-order chi connectivity index (χ0) is 18.6. The molecule has 0 saturated carbocycles. The summed E-state index contributed by atoms with van der Waals surface area (Å²) >= 11 is 0. The van der Waals surface area contributed by atoms with Gasteiger partial charge in [0, 0.05) is 12.0 Å². The molecule has 2 atom stereocenters. The standard InChI is InChI=1S/C24H26F2/c1-3-8-18(2)15-19-9-6-10-20(16-19)22-12-4-5-13-23(22)24(26)14-7-11-21(25)17-24/h4-7,9-13,16-18H,3,8,14-15H2,1-2H3. The van der Waals surface area contributed by atoms with Crippen molar-refractivity contribution in [2.24, 2.45) is 5.92 Å². The summed E-state index contributed by atoms with van der Waals surface area (Å²) in [4.78, 5) is 0. The Labute approximate surface area is 155 Å². The fourth-order valence-electron chi connectivity index (χ4n) is 3.82. The summed E-state index contributed by atoms with van der Waals surface area (Å²) < 4.78 is 29.3. The molecule has 0 saturated heterocycles. The molecule has 0 aromatic heterocycles. The average Bonchev–Trinajstić information content (AvgIpc) is 2.62. The highest BCUT2D eigenvalue weighted by Gasteiger charge is 2.33. The lowest BCUT2D eigenvalue weighted by molar-refractivity contribution is 0.231. The lowest BCUT2D eigenvalue weighted by atomic mass is 9.83. The van der Waals surface area contributed by atoms with Gasteiger partial charge in [-0.3, -0.25) is 0 Å². The Hall–Kier alpha value is -2.22. The molecule has 0 bridgehead atoms. The molecule has 0 N–H and O–H groups in total. The summed E-state index contributed by atoms with van der Waals surface area (Å²) in [7, 11) is 0. The van der Waals surface area contributed by atoms with Crippen LogP contribution in [0.1, 0.15) is 44.2 Å². The summed E-state index contributed by atoms with van der Waals surface area (Å²) in [5, 5.41) is 0. The zero-order valence-corrected chi connectivity index (χ0v) is 15.5. The maximum atomic E-state index is 15.5. The quantitative estimate of drug-likeness (QED) is 0.511. The van der Waals surface area contributed by atoms with Crippen LogP contribution in [0.3, 0.4) is 0 Å². The van der Waals surface area contributed by atoms with Gasteiger partial charge in [0.1, 0.15) is 5.83 Å². The van der Waals surface area contributed by atoms with E-state index in [2.05, 4.69) is 26.0 Å². The molecule has 0 aliphatic heterocycles. The van der Waals surface area contributed by atoms with Gasteiger partial charge in [0.25, 0.3) is 0 Å². The first-order chi connectivity index (χ1) is 12.5. The predicted molar refractivity (Wildman–Crippen MR) is 105 cm³/mol. The first-order valence-corrected chi connectivity index (χ1v) is 9.44. The predicted octanol–water partition coefficient (Wildman–Crippen LogP) is 7.31. The van der Waals surface area contributed by atoms with Crippen LogP contribution in [0.2, 0.25) is 0 Å². The van der Waals surface area contributed by atoms with Gasteiger partial charge in [-0.15, -0.1) is 0 Å². The first-order valence-electron chi connectivity index (χ1n) is 9.44. The topological polar surface area (TPSA) is 0 Å². The summed E-state index contributed by atoms with van der Waals surface area (Å²) in [6.45, 7) is 4.47. The van der Waals surface area contributed by atoms with Crippen LogP contribution in [0.5, 0.6) is 0 Å². The van der Waals surface area contributed by atoms with Gasteiger partial charge in [-0.25, -0.2) is 8.78 Å². The molecule has 1 aliphatic carbocycles. The highest BCUT2D eigenvalue weighted by Crippen LogP contribution is 2.41. The molecule has 0 spiro atoms. The smallest absolute Gasteiger partial charge is 0.161 e. The molecule has 3 rings (SSSR count). The van der Waals surface area contributed by atoms with Gasteiger partial charge in [-0.05, 0) is 41.2 Å². The number of benzene rings is 2. The van der Waals surface area contributed by atoms with Crippen molar-refractivity contribution in [2.75, 3.05) is 0 Å². The van der Waals surface area contributed by atoms with Crippen LogP contribution < -0.4 is 0 Å². The Kier molecular flexibility index (Phi) is 5.70. The highest BCUT2D eigenvalue weighted by molar-refractivity contribution is 5.70. The molecule has 0 radical (unpaired) electrons. The van der Waals surface area contributed by atoms with Gasteiger partial charge in [-0.1, -0.05) is 81.3 Å². The molecule has 136 valence electrons. The summed E-state index contributed by atoms with van der Waals surface area (Å²) in [5.41, 5.74) is 1.80. The van der Waals surface area contributed by atoms with E-state index in [9.17, 15) is 4.39 Å². The van der Waals surface area contributed by atoms with Crippen LogP contribution in [-0.4, -0.2) is 0 Å². The summed E-state index contributed by atoms with van der Waals surface area (Å²) in [5.74, 6) is 0.106. The van der Waals surface area contributed by atoms with E-state index in [0.29, 0.717) is 11.5 Å². The number of hydrogen-bond acceptors (Lipinski definition) is 0. The van der Waals surface area contributed by atoms with Gasteiger partial charge in [0.2, 0.25) is 0 Å². The Morgan fingerprint density at radius 2 is 1.92 bits per heavy atom. The van der Waals surface area contributed by atoms with Crippen LogP contribution >= 0.6 is 0 Å². The molecular weight excluding hydrogens is 326 g/mol. The second-order valence-corrected chi connectivity index (χ2v) is 7.34. The third-order valence-electron chi connectivity index (χ3n) is 5.04. The molecule has 2 heteroatoms. The number of allylic oxidation sites excluding steroid dienone is 4. The first kappa shape index (κ1) is 18.6. The number of halogens is 2. The van der Waals surface area contributed by atoms with E-state index in [1.807, 2.05) is 30.3 Å². The van der Waals surface area contributed by atoms with Crippen molar-refractivity contribution in [1.82, 2.24) is 0 Å². The van der Waals surface area contributed by atoms with E-state index in [1.54, 1.807) is 12.1 Å². The molecule has 2 aromatic carbocycles. The van der Waals surface area contributed by atoms with Crippen molar-refractivity contribution in [1.29, 1.82) is 0 Å². The lowest BCUT2D eigenvalue weighted by Crippen LogP contribution is -2.19. The lowest BCUT2D eigenvalue weighted by Gasteiger charge is -2.26. The van der Waals surface area contributed by atoms with Crippen molar-refractivity contribution in [3.05, 3.63) is 83.7 Å². The number of alkyl halides is 1. The van der Waals surface area contributed by atoms with Crippen molar-refractivity contribution < 1.29 is 8.78 Å². The molecular formula is C24H26F2. The second kappa shape index (κ2) is 7.99. The molecule has 2 unspecified atom stereocenters. The third kappa shape index (κ3) is 4.12. The van der Waals surface area contributed by atoms with Gasteiger partial charge < -0.3 is 0 Å². The van der Waals surface area contributed by atoms with E-state index in [0.717, 1.165) is 23.6 Å². The summed E-state index contributed by atoms with van der Waals surface area (Å²) in [6, 6.07) is 15.7. The van der Waals surface area contributed by atoms with Crippen LogP contribution in [0.25, 0.3) is 11.1 Å². The van der Waals surface area contributed by atoms with Crippen molar-refractivity contribution in [3.63, 3.8) is 0 Å². The van der Waals surface area contributed by atoms with Crippen molar-refractivity contribution in [3.8, 4) is 11.1 Å². The van der Waals surface area contributed by atoms with E-state index in [4.69, 9.17) is 0 Å². The molecule has 0 nitrogen and oxygen atoms in total. The number of hydrogen-bond donors (Lipinski definition) is 0. The minimum absolute atomic E-state index is 0.157. The van der Waals surface area contributed by atoms with Gasteiger partial charge in [-0.2, -0.15) is 0 Å². The maximum Gasteiger partial charge on any atom is 0.161 e. The maximum absolute atomic E-state index is 15.5. The fourth-order valence-corrected chi connectivity index (χ4v) is 3.82. The van der Waals surface area contributed by atoms with Gasteiger partial charge in [0.15, 0.2) is 5.67 Å². The van der Waals surface area contributed by atoms with Crippen LogP contribution in [0.4, 0.5) is 8.78 Å². The summed E-state index contributed by atoms with van der Waals surface area (Å²) in [6.07, 6.45) is 7.54. The minimum atomic E-state index is -1.80. The molecule has 26 heavy (non-hydrogen) atoms. The largest absolute Gasteiger partial charge is 0.234 e. The van der Waals surface area contributed by atoms with Crippen molar-refractivity contribution in [2.45, 2.75) is 45.2 Å². The number of rotatable bonds is 6. The Morgan fingerprint density at radius 1 is 1.12 bits per heavy atom. The second-order valence-electron chi connectivity index (χ2n) is 7.34. The fraction of sp³-hybridized carbons (Fsp3) is 0.333. The molecule has 1 aliphatic rings. The van der Waals surface area contributed by atoms with Crippen molar-refractivity contribution >= 4 is 0 Å². The third-order valence-corrected chi connectivity index (χ3v) is 5.04. The molecule has 0 heterocycles. The molecule has 0 fully saturated rings. The Morgan fingerprint density at radius 3 is 2.69 bits per heavy atom. The molecule has 2 aromatic rings. The normalized spacial score (nSPS) is 20.7. The monoisotopic (exact) mass is 352 g/mol. The van der Waals surface area contributed by atoms with E-state index in [-0.39, 0.29) is 6.42 Å². The van der Waals surface area contributed by atoms with Crippen LogP contribution in [-0.2, 0) is 12.1 Å². The zero-order valence-electron chi connectivity index (χ0n) is 15.5. The Balaban J connectivity index is 1.97. The SMILES string of the molecule is CCCC(C)Cc1cccc(-c2ccccc2C2(F)C=C(F)C=CC2)c1. The van der Waals surface area contributed by atoms with E-state index < -0.39 is 11.5 Å². The Bertz CT molecular complexity index is 818. The minimum Gasteiger partial charge on any atom is -0.234 e. The van der Waals surface area contributed by atoms with E-state index >= 15 is 4.39 Å². The average molecular weight is 352 g/mol. The van der Waals surface area contributed by atoms with Gasteiger partial charge in [0.05, 0.1) is 0 Å². The molecule has 0 amide bonds. The van der Waals surface area contributed by atoms with E-state index in [1.165, 1.54) is 24.5 Å². The van der Waals surface area contributed by atoms with Crippen LogP contribution in [0.15, 0.2) is 72.6 Å². The van der Waals surface area contributed by atoms with Gasteiger partial charge >= 0.3 is 0 Å². The van der Waals surface area contributed by atoms with Crippen LogP contribution in [0, 0.1) is 5.92 Å².